The maximum atomic E-state index is 12.7. The molecule has 6 nitrogen and oxygen atoms in total. The van der Waals surface area contributed by atoms with Crippen molar-refractivity contribution < 1.29 is 13.2 Å². The van der Waals surface area contributed by atoms with Crippen molar-refractivity contribution in [2.75, 3.05) is 18.1 Å². The van der Waals surface area contributed by atoms with Crippen LogP contribution in [0, 0.1) is 5.92 Å². The Bertz CT molecular complexity index is 597. The number of aromatic nitrogens is 2. The molecule has 116 valence electrons. The Morgan fingerprint density at radius 1 is 1.29 bits per heavy atom. The van der Waals surface area contributed by atoms with Crippen molar-refractivity contribution in [1.82, 2.24) is 14.7 Å². The van der Waals surface area contributed by atoms with Gasteiger partial charge < -0.3 is 4.90 Å². The minimum atomic E-state index is -3.01. The van der Waals surface area contributed by atoms with Gasteiger partial charge in [-0.2, -0.15) is 5.10 Å². The number of piperidine rings is 1. The number of amides is 1. The van der Waals surface area contributed by atoms with Crippen LogP contribution in [-0.2, 0) is 21.2 Å². The Hall–Kier alpha value is -1.37. The van der Waals surface area contributed by atoms with E-state index < -0.39 is 9.84 Å². The highest BCUT2D eigenvalue weighted by Crippen LogP contribution is 2.26. The lowest BCUT2D eigenvalue weighted by Crippen LogP contribution is -2.48. The fraction of sp³-hybridized carbons (Fsp3) is 0.714. The van der Waals surface area contributed by atoms with Gasteiger partial charge in [0.25, 0.3) is 0 Å². The molecule has 2 aliphatic rings. The van der Waals surface area contributed by atoms with Gasteiger partial charge in [-0.3, -0.25) is 9.48 Å². The highest BCUT2D eigenvalue weighted by molar-refractivity contribution is 7.91. The molecule has 2 fully saturated rings. The predicted octanol–water partition coefficient (Wildman–Crippen LogP) is 0.699. The minimum Gasteiger partial charge on any atom is -0.338 e. The van der Waals surface area contributed by atoms with Crippen molar-refractivity contribution in [3.63, 3.8) is 0 Å². The fourth-order valence-corrected chi connectivity index (χ4v) is 5.06. The van der Waals surface area contributed by atoms with Crippen LogP contribution >= 0.6 is 0 Å². The number of carbonyl (C=O) groups is 1. The van der Waals surface area contributed by atoms with Crippen LogP contribution < -0.4 is 0 Å². The van der Waals surface area contributed by atoms with E-state index in [9.17, 15) is 13.2 Å². The molecule has 0 unspecified atom stereocenters. The second kappa shape index (κ2) is 5.79. The minimum absolute atomic E-state index is 0.0212. The molecular formula is C14H21N3O3S. The molecule has 3 heterocycles. The van der Waals surface area contributed by atoms with Crippen LogP contribution in [0.1, 0.15) is 25.7 Å². The molecule has 21 heavy (non-hydrogen) atoms. The number of hydrogen-bond donors (Lipinski definition) is 0. The zero-order chi connectivity index (χ0) is 14.9. The third-order valence-corrected chi connectivity index (χ3v) is 6.22. The highest BCUT2D eigenvalue weighted by Gasteiger charge is 2.38. The number of nitrogens with zero attached hydrogens (tertiary/aromatic N) is 3. The lowest BCUT2D eigenvalue weighted by Gasteiger charge is -2.37. The largest absolute Gasteiger partial charge is 0.338 e. The van der Waals surface area contributed by atoms with Crippen molar-refractivity contribution >= 4 is 15.7 Å². The molecule has 0 aromatic carbocycles. The number of carbonyl (C=O) groups excluding carboxylic acids is 1. The van der Waals surface area contributed by atoms with E-state index in [0.717, 1.165) is 25.8 Å². The van der Waals surface area contributed by atoms with Gasteiger partial charge in [0.2, 0.25) is 5.91 Å². The summed E-state index contributed by atoms with van der Waals surface area (Å²) in [5, 5.41) is 4.21. The summed E-state index contributed by atoms with van der Waals surface area (Å²) in [5.41, 5.74) is 0. The third kappa shape index (κ3) is 3.28. The van der Waals surface area contributed by atoms with Crippen LogP contribution in [0.15, 0.2) is 18.5 Å². The van der Waals surface area contributed by atoms with Crippen molar-refractivity contribution in [2.45, 2.75) is 38.3 Å². The van der Waals surface area contributed by atoms with Crippen LogP contribution in [0.3, 0.4) is 0 Å². The van der Waals surface area contributed by atoms with E-state index in [2.05, 4.69) is 5.10 Å². The SMILES string of the molecule is O=C([C@@H]1CCS(=O)(=O)C1)N1CCCC[C@H]1Cn1cccn1. The normalized spacial score (nSPS) is 28.7. The lowest BCUT2D eigenvalue weighted by atomic mass is 9.98. The fourth-order valence-electron chi connectivity index (χ4n) is 3.33. The van der Waals surface area contributed by atoms with Crippen molar-refractivity contribution in [3.05, 3.63) is 18.5 Å². The van der Waals surface area contributed by atoms with Gasteiger partial charge in [0, 0.05) is 18.9 Å². The first-order valence-electron chi connectivity index (χ1n) is 7.53. The smallest absolute Gasteiger partial charge is 0.227 e. The van der Waals surface area contributed by atoms with Crippen LogP contribution in [0.5, 0.6) is 0 Å². The molecule has 0 bridgehead atoms. The molecule has 0 saturated carbocycles. The van der Waals surface area contributed by atoms with E-state index in [1.807, 2.05) is 21.8 Å². The second-order valence-electron chi connectivity index (χ2n) is 6.01. The van der Waals surface area contributed by atoms with E-state index in [1.54, 1.807) is 6.20 Å². The lowest BCUT2D eigenvalue weighted by molar-refractivity contribution is -0.138. The average Bonchev–Trinajstić information content (AvgIpc) is 3.08. The maximum Gasteiger partial charge on any atom is 0.227 e. The predicted molar refractivity (Wildman–Crippen MR) is 78.3 cm³/mol. The number of likely N-dealkylation sites (tertiary alicyclic amines) is 1. The van der Waals surface area contributed by atoms with E-state index in [0.29, 0.717) is 13.0 Å². The van der Waals surface area contributed by atoms with Gasteiger partial charge >= 0.3 is 0 Å². The van der Waals surface area contributed by atoms with Crippen LogP contribution in [0.4, 0.5) is 0 Å². The zero-order valence-corrected chi connectivity index (χ0v) is 12.8. The summed E-state index contributed by atoms with van der Waals surface area (Å²) in [6.07, 6.45) is 7.19. The van der Waals surface area contributed by atoms with E-state index in [4.69, 9.17) is 0 Å². The first-order chi connectivity index (χ1) is 10.1. The first-order valence-corrected chi connectivity index (χ1v) is 9.36. The topological polar surface area (TPSA) is 72.3 Å². The van der Waals surface area contributed by atoms with Crippen LogP contribution in [0.25, 0.3) is 0 Å². The third-order valence-electron chi connectivity index (χ3n) is 4.45. The van der Waals surface area contributed by atoms with Gasteiger partial charge in [-0.25, -0.2) is 8.42 Å². The summed E-state index contributed by atoms with van der Waals surface area (Å²) < 4.78 is 25.0. The summed E-state index contributed by atoms with van der Waals surface area (Å²) in [4.78, 5) is 14.6. The molecule has 2 aliphatic heterocycles. The van der Waals surface area contributed by atoms with Gasteiger partial charge in [-0.05, 0) is 31.7 Å². The van der Waals surface area contributed by atoms with E-state index in [1.165, 1.54) is 0 Å². The molecule has 0 radical (unpaired) electrons. The Labute approximate surface area is 125 Å². The van der Waals surface area contributed by atoms with Gasteiger partial charge in [0.15, 0.2) is 9.84 Å². The molecule has 0 spiro atoms. The molecule has 7 heteroatoms. The second-order valence-corrected chi connectivity index (χ2v) is 8.24. The van der Waals surface area contributed by atoms with Gasteiger partial charge in [0.1, 0.15) is 0 Å². The molecular weight excluding hydrogens is 290 g/mol. The summed E-state index contributed by atoms with van der Waals surface area (Å²) >= 11 is 0. The Kier molecular flexibility index (Phi) is 4.01. The molecule has 3 rings (SSSR count). The molecule has 1 aromatic heterocycles. The number of rotatable bonds is 3. The molecule has 2 atom stereocenters. The molecule has 2 saturated heterocycles. The van der Waals surface area contributed by atoms with Gasteiger partial charge in [-0.1, -0.05) is 0 Å². The standard InChI is InChI=1S/C14H21N3O3S/c18-14(12-5-9-21(19,20)11-12)17-8-2-1-4-13(17)10-16-7-3-6-15-16/h3,6-7,12-13H,1-2,4-5,8-11H2/t12-,13+/m1/s1. The summed E-state index contributed by atoms with van der Waals surface area (Å²) in [7, 11) is -3.01. The molecule has 1 amide bonds. The Morgan fingerprint density at radius 3 is 2.81 bits per heavy atom. The summed E-state index contributed by atoms with van der Waals surface area (Å²) in [6, 6.07) is 2.01. The Morgan fingerprint density at radius 2 is 2.14 bits per heavy atom. The number of sulfone groups is 1. The van der Waals surface area contributed by atoms with Crippen molar-refractivity contribution in [2.24, 2.45) is 5.92 Å². The van der Waals surface area contributed by atoms with Crippen LogP contribution in [0.2, 0.25) is 0 Å². The van der Waals surface area contributed by atoms with Crippen LogP contribution in [-0.4, -0.2) is 53.1 Å². The zero-order valence-electron chi connectivity index (χ0n) is 12.0. The quantitative estimate of drug-likeness (QED) is 0.824. The van der Waals surface area contributed by atoms with E-state index >= 15 is 0 Å². The van der Waals surface area contributed by atoms with Gasteiger partial charge in [0.05, 0.1) is 30.0 Å². The molecule has 1 aromatic rings. The van der Waals surface area contributed by atoms with Crippen molar-refractivity contribution in [1.29, 1.82) is 0 Å². The monoisotopic (exact) mass is 311 g/mol. The molecule has 0 aliphatic carbocycles. The highest BCUT2D eigenvalue weighted by atomic mass is 32.2. The summed E-state index contributed by atoms with van der Waals surface area (Å²) in [5.74, 6) is -0.140. The Balaban J connectivity index is 1.70. The maximum absolute atomic E-state index is 12.7. The van der Waals surface area contributed by atoms with Crippen molar-refractivity contribution in [3.8, 4) is 0 Å². The first kappa shape index (κ1) is 14.6. The number of hydrogen-bond acceptors (Lipinski definition) is 4. The van der Waals surface area contributed by atoms with E-state index in [-0.39, 0.29) is 29.4 Å². The van der Waals surface area contributed by atoms with Gasteiger partial charge in [-0.15, -0.1) is 0 Å². The average molecular weight is 311 g/mol. The molecule has 0 N–H and O–H groups in total. The summed E-state index contributed by atoms with van der Waals surface area (Å²) in [6.45, 7) is 1.43.